The fourth-order valence-corrected chi connectivity index (χ4v) is 2.21. The average Bonchev–Trinajstić information content (AvgIpc) is 2.42. The van der Waals surface area contributed by atoms with Crippen LogP contribution in [0.3, 0.4) is 0 Å². The van der Waals surface area contributed by atoms with Crippen LogP contribution in [0.5, 0.6) is 5.75 Å². The van der Waals surface area contributed by atoms with Crippen LogP contribution in [0, 0.1) is 13.8 Å². The molecule has 5 heteroatoms. The van der Waals surface area contributed by atoms with Crippen molar-refractivity contribution in [1.82, 2.24) is 0 Å². The number of nitrogens with one attached hydrogen (secondary N) is 1. The first-order valence-electron chi connectivity index (χ1n) is 6.05. The van der Waals surface area contributed by atoms with Gasteiger partial charge in [-0.25, -0.2) is 0 Å². The molecule has 0 saturated heterocycles. The minimum absolute atomic E-state index is 0.196. The van der Waals surface area contributed by atoms with Gasteiger partial charge in [0, 0.05) is 27.0 Å². The molecule has 1 amide bonds. The third kappa shape index (κ3) is 2.77. The molecule has 0 aliphatic rings. The Morgan fingerprint density at radius 3 is 2.60 bits per heavy atom. The van der Waals surface area contributed by atoms with Gasteiger partial charge in [-0.05, 0) is 59.6 Å². The topological polar surface area (TPSA) is 75.4 Å². The number of nitrogen functional groups attached to an aromatic ring is 1. The first-order chi connectivity index (χ1) is 9.40. The first kappa shape index (κ1) is 14.4. The van der Waals surface area contributed by atoms with E-state index in [1.807, 2.05) is 6.92 Å². The van der Waals surface area contributed by atoms with E-state index in [1.54, 1.807) is 37.3 Å². The van der Waals surface area contributed by atoms with Gasteiger partial charge in [0.2, 0.25) is 0 Å². The van der Waals surface area contributed by atoms with Crippen LogP contribution >= 0.6 is 15.9 Å². The number of nitrogens with two attached hydrogens (primary N) is 1. The van der Waals surface area contributed by atoms with Gasteiger partial charge in [-0.1, -0.05) is 6.07 Å². The van der Waals surface area contributed by atoms with E-state index in [0.717, 1.165) is 5.56 Å². The lowest BCUT2D eigenvalue weighted by Crippen LogP contribution is -2.13. The summed E-state index contributed by atoms with van der Waals surface area (Å²) >= 11 is 3.29. The van der Waals surface area contributed by atoms with E-state index in [4.69, 9.17) is 5.73 Å². The molecule has 0 spiro atoms. The smallest absolute Gasteiger partial charge is 0.255 e. The van der Waals surface area contributed by atoms with Gasteiger partial charge in [0.25, 0.3) is 5.91 Å². The number of phenolic OH excluding ortho intramolecular Hbond substituents is 1. The number of carbonyl (C=O) groups excluding carboxylic acids is 1. The van der Waals surface area contributed by atoms with Crippen molar-refractivity contribution in [3.05, 3.63) is 51.5 Å². The number of aryl methyl sites for hydroxylation is 1. The molecule has 20 heavy (non-hydrogen) atoms. The fraction of sp³-hybridized carbons (Fsp3) is 0.133. The van der Waals surface area contributed by atoms with Gasteiger partial charge >= 0.3 is 0 Å². The number of halogens is 1. The van der Waals surface area contributed by atoms with Crippen molar-refractivity contribution in [2.45, 2.75) is 13.8 Å². The standard InChI is InChI=1S/C15H15BrN2O2/c1-8-3-6-13(9(2)14(8)19)18-15(20)10-4-5-12(17)11(16)7-10/h3-7,19H,17H2,1-2H3,(H,18,20). The molecule has 0 aliphatic carbocycles. The highest BCUT2D eigenvalue weighted by Gasteiger charge is 2.11. The molecule has 0 aliphatic heterocycles. The average molecular weight is 335 g/mol. The molecule has 0 aromatic heterocycles. The number of phenols is 1. The predicted octanol–water partition coefficient (Wildman–Crippen LogP) is 3.61. The summed E-state index contributed by atoms with van der Waals surface area (Å²) in [5.74, 6) is -0.0571. The van der Waals surface area contributed by atoms with Gasteiger partial charge in [0.1, 0.15) is 5.75 Å². The van der Waals surface area contributed by atoms with Gasteiger partial charge < -0.3 is 16.2 Å². The van der Waals surface area contributed by atoms with Crippen molar-refractivity contribution < 1.29 is 9.90 Å². The quantitative estimate of drug-likeness (QED) is 0.734. The zero-order chi connectivity index (χ0) is 14.9. The summed E-state index contributed by atoms with van der Waals surface area (Å²) in [6.07, 6.45) is 0. The van der Waals surface area contributed by atoms with Crippen LogP contribution in [0.2, 0.25) is 0 Å². The molecule has 0 unspecified atom stereocenters. The summed E-state index contributed by atoms with van der Waals surface area (Å²) in [7, 11) is 0. The molecular weight excluding hydrogens is 320 g/mol. The number of hydrogen-bond acceptors (Lipinski definition) is 3. The molecule has 2 aromatic carbocycles. The highest BCUT2D eigenvalue weighted by Crippen LogP contribution is 2.28. The number of amides is 1. The molecule has 0 heterocycles. The highest BCUT2D eigenvalue weighted by molar-refractivity contribution is 9.10. The lowest BCUT2D eigenvalue weighted by Gasteiger charge is -2.11. The van der Waals surface area contributed by atoms with E-state index in [2.05, 4.69) is 21.2 Å². The van der Waals surface area contributed by atoms with Crippen molar-refractivity contribution >= 4 is 33.2 Å². The lowest BCUT2D eigenvalue weighted by molar-refractivity contribution is 0.102. The van der Waals surface area contributed by atoms with Crippen LogP contribution in [0.25, 0.3) is 0 Å². The monoisotopic (exact) mass is 334 g/mol. The van der Waals surface area contributed by atoms with E-state index in [0.29, 0.717) is 27.0 Å². The number of benzene rings is 2. The second-order valence-corrected chi connectivity index (χ2v) is 5.45. The van der Waals surface area contributed by atoms with Crippen LogP contribution in [0.15, 0.2) is 34.8 Å². The molecule has 4 N–H and O–H groups in total. The van der Waals surface area contributed by atoms with Gasteiger partial charge in [0.15, 0.2) is 0 Å². The summed E-state index contributed by atoms with van der Waals surface area (Å²) in [5, 5.41) is 12.7. The van der Waals surface area contributed by atoms with Crippen LogP contribution in [-0.4, -0.2) is 11.0 Å². The Bertz CT molecular complexity index is 684. The number of hydrogen-bond donors (Lipinski definition) is 3. The summed E-state index contributed by atoms with van der Waals surface area (Å²) < 4.78 is 0.675. The number of rotatable bonds is 2. The largest absolute Gasteiger partial charge is 0.507 e. The SMILES string of the molecule is Cc1ccc(NC(=O)c2ccc(N)c(Br)c2)c(C)c1O. The second-order valence-electron chi connectivity index (χ2n) is 4.59. The molecule has 0 bridgehead atoms. The highest BCUT2D eigenvalue weighted by atomic mass is 79.9. The third-order valence-corrected chi connectivity index (χ3v) is 3.83. The van der Waals surface area contributed by atoms with Crippen molar-refractivity contribution in [1.29, 1.82) is 0 Å². The third-order valence-electron chi connectivity index (χ3n) is 3.14. The van der Waals surface area contributed by atoms with Gasteiger partial charge in [-0.15, -0.1) is 0 Å². The predicted molar refractivity (Wildman–Crippen MR) is 84.1 cm³/mol. The number of anilines is 2. The Morgan fingerprint density at radius 1 is 1.25 bits per heavy atom. The Balaban J connectivity index is 2.28. The van der Waals surface area contributed by atoms with Crippen LogP contribution in [0.1, 0.15) is 21.5 Å². The molecule has 104 valence electrons. The Kier molecular flexibility index (Phi) is 3.99. The minimum Gasteiger partial charge on any atom is -0.507 e. The van der Waals surface area contributed by atoms with E-state index in [9.17, 15) is 9.90 Å². The lowest BCUT2D eigenvalue weighted by atomic mass is 10.1. The maximum Gasteiger partial charge on any atom is 0.255 e. The van der Waals surface area contributed by atoms with Gasteiger partial charge in [0.05, 0.1) is 0 Å². The zero-order valence-corrected chi connectivity index (χ0v) is 12.8. The van der Waals surface area contributed by atoms with E-state index in [1.165, 1.54) is 0 Å². The van der Waals surface area contributed by atoms with Crippen LogP contribution < -0.4 is 11.1 Å². The van der Waals surface area contributed by atoms with Gasteiger partial charge in [-0.2, -0.15) is 0 Å². The maximum absolute atomic E-state index is 12.2. The molecule has 0 fully saturated rings. The molecule has 2 aromatic rings. The Labute approximate surface area is 125 Å². The minimum atomic E-state index is -0.253. The number of carbonyl (C=O) groups is 1. The maximum atomic E-state index is 12.2. The van der Waals surface area contributed by atoms with Crippen LogP contribution in [-0.2, 0) is 0 Å². The van der Waals surface area contributed by atoms with Crippen molar-refractivity contribution in [3.63, 3.8) is 0 Å². The molecule has 4 nitrogen and oxygen atoms in total. The Morgan fingerprint density at radius 2 is 1.95 bits per heavy atom. The molecule has 2 rings (SSSR count). The summed E-state index contributed by atoms with van der Waals surface area (Å²) in [5.41, 5.74) is 8.77. The second kappa shape index (κ2) is 5.54. The van der Waals surface area contributed by atoms with Gasteiger partial charge in [-0.3, -0.25) is 4.79 Å². The van der Waals surface area contributed by atoms with E-state index in [-0.39, 0.29) is 11.7 Å². The van der Waals surface area contributed by atoms with E-state index >= 15 is 0 Å². The molecule has 0 radical (unpaired) electrons. The molecule has 0 atom stereocenters. The summed E-state index contributed by atoms with van der Waals surface area (Å²) in [6, 6.07) is 8.51. The fourth-order valence-electron chi connectivity index (χ4n) is 1.83. The Hall–Kier alpha value is -2.01. The summed E-state index contributed by atoms with van der Waals surface area (Å²) in [6.45, 7) is 3.57. The van der Waals surface area contributed by atoms with E-state index < -0.39 is 0 Å². The molecule has 0 saturated carbocycles. The zero-order valence-electron chi connectivity index (χ0n) is 11.2. The van der Waals surface area contributed by atoms with Crippen molar-refractivity contribution in [2.75, 3.05) is 11.1 Å². The van der Waals surface area contributed by atoms with Crippen molar-refractivity contribution in [2.24, 2.45) is 0 Å². The summed E-state index contributed by atoms with van der Waals surface area (Å²) in [4.78, 5) is 12.2. The first-order valence-corrected chi connectivity index (χ1v) is 6.85. The molecular formula is C15H15BrN2O2. The number of aromatic hydroxyl groups is 1. The normalized spacial score (nSPS) is 10.3. The van der Waals surface area contributed by atoms with Crippen molar-refractivity contribution in [3.8, 4) is 5.75 Å². The van der Waals surface area contributed by atoms with Crippen LogP contribution in [0.4, 0.5) is 11.4 Å².